The number of methoxy groups -OCH3 is 1. The van der Waals surface area contributed by atoms with Gasteiger partial charge in [-0.15, -0.1) is 11.8 Å². The van der Waals surface area contributed by atoms with Crippen LogP contribution in [0.3, 0.4) is 0 Å². The third kappa shape index (κ3) is 2.27. The average molecular weight is 234 g/mol. The molecule has 2 rings (SSSR count). The van der Waals surface area contributed by atoms with Crippen LogP contribution in [0.1, 0.15) is 13.8 Å². The molecule has 0 aliphatic heterocycles. The molecule has 1 heterocycles. The van der Waals surface area contributed by atoms with Crippen LogP contribution in [-0.2, 0) is 0 Å². The maximum absolute atomic E-state index is 5.18. The highest BCUT2D eigenvalue weighted by molar-refractivity contribution is 8.00. The van der Waals surface area contributed by atoms with Crippen molar-refractivity contribution in [2.75, 3.05) is 7.11 Å². The first kappa shape index (κ1) is 11.2. The minimum atomic E-state index is 0.514. The summed E-state index contributed by atoms with van der Waals surface area (Å²) in [7, 11) is 1.66. The third-order valence-electron chi connectivity index (χ3n) is 2.15. The van der Waals surface area contributed by atoms with Crippen LogP contribution in [0, 0.1) is 0 Å². The van der Waals surface area contributed by atoms with E-state index in [4.69, 9.17) is 4.74 Å². The molecule has 0 aliphatic carbocycles. The molecular weight excluding hydrogens is 220 g/mol. The topological polar surface area (TPSA) is 35.0 Å². The molecule has 0 unspecified atom stereocenters. The second-order valence-electron chi connectivity index (χ2n) is 3.73. The Balaban J connectivity index is 2.51. The van der Waals surface area contributed by atoms with Crippen LogP contribution in [0.4, 0.5) is 0 Å². The summed E-state index contributed by atoms with van der Waals surface area (Å²) in [5.74, 6) is 0.826. The largest absolute Gasteiger partial charge is 0.497 e. The van der Waals surface area contributed by atoms with Crippen molar-refractivity contribution >= 4 is 22.7 Å². The predicted octanol–water partition coefficient (Wildman–Crippen LogP) is 3.14. The van der Waals surface area contributed by atoms with Crippen LogP contribution in [-0.4, -0.2) is 22.3 Å². The van der Waals surface area contributed by atoms with Gasteiger partial charge in [-0.1, -0.05) is 13.8 Å². The van der Waals surface area contributed by atoms with E-state index in [1.807, 2.05) is 18.2 Å². The standard InChI is InChI=1S/C12H14N2OS/c1-8(2)16-12-10-5-4-9(15-3)6-11(10)13-7-14-12/h4-8H,1-3H3. The lowest BCUT2D eigenvalue weighted by atomic mass is 10.2. The Morgan fingerprint density at radius 1 is 1.25 bits per heavy atom. The number of rotatable bonds is 3. The number of hydrogen-bond acceptors (Lipinski definition) is 4. The van der Waals surface area contributed by atoms with Crippen molar-refractivity contribution in [3.63, 3.8) is 0 Å². The van der Waals surface area contributed by atoms with Crippen LogP contribution in [0.2, 0.25) is 0 Å². The number of fused-ring (bicyclic) bond motifs is 1. The van der Waals surface area contributed by atoms with Crippen molar-refractivity contribution < 1.29 is 4.74 Å². The third-order valence-corrected chi connectivity index (χ3v) is 3.17. The van der Waals surface area contributed by atoms with E-state index >= 15 is 0 Å². The molecule has 1 aromatic carbocycles. The Morgan fingerprint density at radius 2 is 2.06 bits per heavy atom. The number of nitrogens with zero attached hydrogens (tertiary/aromatic N) is 2. The monoisotopic (exact) mass is 234 g/mol. The zero-order chi connectivity index (χ0) is 11.5. The van der Waals surface area contributed by atoms with Crippen molar-refractivity contribution in [3.05, 3.63) is 24.5 Å². The minimum Gasteiger partial charge on any atom is -0.497 e. The highest BCUT2D eigenvalue weighted by atomic mass is 32.2. The summed E-state index contributed by atoms with van der Waals surface area (Å²) in [5, 5.41) is 2.63. The molecule has 0 fully saturated rings. The van der Waals surface area contributed by atoms with Gasteiger partial charge in [0.15, 0.2) is 0 Å². The number of ether oxygens (including phenoxy) is 1. The second-order valence-corrected chi connectivity index (χ2v) is 5.29. The summed E-state index contributed by atoms with van der Waals surface area (Å²) in [4.78, 5) is 8.57. The maximum Gasteiger partial charge on any atom is 0.121 e. The molecule has 0 atom stereocenters. The van der Waals surface area contributed by atoms with Crippen LogP contribution in [0.25, 0.3) is 10.9 Å². The van der Waals surface area contributed by atoms with Crippen LogP contribution in [0.15, 0.2) is 29.6 Å². The van der Waals surface area contributed by atoms with E-state index in [2.05, 4.69) is 23.8 Å². The van der Waals surface area contributed by atoms with E-state index in [1.165, 1.54) is 0 Å². The molecule has 0 radical (unpaired) electrons. The summed E-state index contributed by atoms with van der Waals surface area (Å²) in [6, 6.07) is 5.89. The lowest BCUT2D eigenvalue weighted by Gasteiger charge is -2.07. The van der Waals surface area contributed by atoms with Gasteiger partial charge in [-0.25, -0.2) is 9.97 Å². The maximum atomic E-state index is 5.18. The quantitative estimate of drug-likeness (QED) is 0.603. The first-order chi connectivity index (χ1) is 7.70. The molecule has 4 heteroatoms. The summed E-state index contributed by atoms with van der Waals surface area (Å²) in [6.07, 6.45) is 1.60. The lowest BCUT2D eigenvalue weighted by molar-refractivity contribution is 0.415. The summed E-state index contributed by atoms with van der Waals surface area (Å²) >= 11 is 1.75. The lowest BCUT2D eigenvalue weighted by Crippen LogP contribution is -1.92. The molecule has 0 amide bonds. The van der Waals surface area contributed by atoms with Gasteiger partial charge >= 0.3 is 0 Å². The van der Waals surface area contributed by atoms with E-state index in [0.717, 1.165) is 21.7 Å². The van der Waals surface area contributed by atoms with Gasteiger partial charge in [0.1, 0.15) is 17.1 Å². The van der Waals surface area contributed by atoms with Gasteiger partial charge in [0.2, 0.25) is 0 Å². The SMILES string of the molecule is COc1ccc2c(SC(C)C)ncnc2c1. The van der Waals surface area contributed by atoms with Gasteiger partial charge in [-0.2, -0.15) is 0 Å². The Labute approximate surface area is 99.2 Å². The van der Waals surface area contributed by atoms with Crippen LogP contribution in [0.5, 0.6) is 5.75 Å². The van der Waals surface area contributed by atoms with Crippen LogP contribution < -0.4 is 4.74 Å². The Hall–Kier alpha value is -1.29. The molecule has 0 saturated heterocycles. The number of benzene rings is 1. The van der Waals surface area contributed by atoms with E-state index in [-0.39, 0.29) is 0 Å². The van der Waals surface area contributed by atoms with Crippen molar-refractivity contribution in [1.82, 2.24) is 9.97 Å². The molecule has 3 nitrogen and oxygen atoms in total. The first-order valence-electron chi connectivity index (χ1n) is 5.16. The normalized spacial score (nSPS) is 11.0. The molecule has 0 saturated carbocycles. The first-order valence-corrected chi connectivity index (χ1v) is 6.04. The molecule has 0 N–H and O–H groups in total. The van der Waals surface area contributed by atoms with Crippen molar-refractivity contribution in [1.29, 1.82) is 0 Å². The molecule has 1 aromatic heterocycles. The fourth-order valence-electron chi connectivity index (χ4n) is 1.46. The molecule has 84 valence electrons. The van der Waals surface area contributed by atoms with Gasteiger partial charge in [-0.05, 0) is 12.1 Å². The van der Waals surface area contributed by atoms with Crippen LogP contribution >= 0.6 is 11.8 Å². The van der Waals surface area contributed by atoms with E-state index in [0.29, 0.717) is 5.25 Å². The molecule has 16 heavy (non-hydrogen) atoms. The molecule has 0 bridgehead atoms. The highest BCUT2D eigenvalue weighted by Crippen LogP contribution is 2.29. The predicted molar refractivity (Wildman–Crippen MR) is 67.1 cm³/mol. The van der Waals surface area contributed by atoms with Gasteiger partial charge in [0.25, 0.3) is 0 Å². The van der Waals surface area contributed by atoms with Gasteiger partial charge in [0, 0.05) is 16.7 Å². The molecule has 0 aliphatic rings. The molecular formula is C12H14N2OS. The van der Waals surface area contributed by atoms with E-state index in [1.54, 1.807) is 25.2 Å². The average Bonchev–Trinajstić information content (AvgIpc) is 2.28. The summed E-state index contributed by atoms with van der Waals surface area (Å²) in [6.45, 7) is 4.31. The summed E-state index contributed by atoms with van der Waals surface area (Å²) < 4.78 is 5.18. The molecule has 0 spiro atoms. The zero-order valence-corrected chi connectivity index (χ0v) is 10.4. The number of thioether (sulfide) groups is 1. The van der Waals surface area contributed by atoms with E-state index < -0.39 is 0 Å². The Kier molecular flexibility index (Phi) is 3.29. The fourth-order valence-corrected chi connectivity index (χ4v) is 2.31. The minimum absolute atomic E-state index is 0.514. The Bertz CT molecular complexity index is 499. The zero-order valence-electron chi connectivity index (χ0n) is 9.60. The van der Waals surface area contributed by atoms with Crippen molar-refractivity contribution in [2.45, 2.75) is 24.1 Å². The Morgan fingerprint density at radius 3 is 2.75 bits per heavy atom. The van der Waals surface area contributed by atoms with E-state index in [9.17, 15) is 0 Å². The van der Waals surface area contributed by atoms with Gasteiger partial charge in [0.05, 0.1) is 12.6 Å². The highest BCUT2D eigenvalue weighted by Gasteiger charge is 2.07. The van der Waals surface area contributed by atoms with Gasteiger partial charge in [-0.3, -0.25) is 0 Å². The van der Waals surface area contributed by atoms with Gasteiger partial charge < -0.3 is 4.74 Å². The summed E-state index contributed by atoms with van der Waals surface area (Å²) in [5.41, 5.74) is 0.928. The smallest absolute Gasteiger partial charge is 0.121 e. The fraction of sp³-hybridized carbons (Fsp3) is 0.333. The van der Waals surface area contributed by atoms with Crippen molar-refractivity contribution in [2.24, 2.45) is 0 Å². The molecule has 2 aromatic rings. The van der Waals surface area contributed by atoms with Crippen molar-refractivity contribution in [3.8, 4) is 5.75 Å². The number of hydrogen-bond donors (Lipinski definition) is 0. The second kappa shape index (κ2) is 4.70. The number of aromatic nitrogens is 2.